The number of nitrogens with one attached hydrogen (secondary N) is 1. The summed E-state index contributed by atoms with van der Waals surface area (Å²) in [7, 11) is 0. The summed E-state index contributed by atoms with van der Waals surface area (Å²) < 4.78 is 26.7. The molecule has 0 radical (unpaired) electrons. The van der Waals surface area contributed by atoms with Crippen molar-refractivity contribution in [2.45, 2.75) is 12.5 Å². The molecule has 2 rings (SSSR count). The number of hydrogen-bond acceptors (Lipinski definition) is 2. The molecular formula is C15H12ClF2NO2. The predicted octanol–water partition coefficient (Wildman–Crippen LogP) is 4.03. The Balaban J connectivity index is 2.47. The van der Waals surface area contributed by atoms with E-state index in [9.17, 15) is 18.7 Å². The molecule has 0 heterocycles. The molecule has 0 aromatic heterocycles. The Morgan fingerprint density at radius 3 is 2.33 bits per heavy atom. The van der Waals surface area contributed by atoms with Gasteiger partial charge in [0.15, 0.2) is 5.54 Å². The molecule has 2 aromatic carbocycles. The smallest absolute Gasteiger partial charge is 0.333 e. The topological polar surface area (TPSA) is 49.3 Å². The Hall–Kier alpha value is -2.14. The van der Waals surface area contributed by atoms with Crippen LogP contribution in [0.2, 0.25) is 5.02 Å². The van der Waals surface area contributed by atoms with Gasteiger partial charge in [-0.2, -0.15) is 0 Å². The maximum absolute atomic E-state index is 13.3. The number of carboxylic acid groups (broad SMARTS) is 1. The van der Waals surface area contributed by atoms with Gasteiger partial charge < -0.3 is 10.4 Å². The van der Waals surface area contributed by atoms with Gasteiger partial charge in [0.1, 0.15) is 11.6 Å². The Bertz CT molecular complexity index is 673. The van der Waals surface area contributed by atoms with Gasteiger partial charge in [-0.25, -0.2) is 13.6 Å². The maximum Gasteiger partial charge on any atom is 0.333 e. The molecule has 6 heteroatoms. The van der Waals surface area contributed by atoms with Crippen LogP contribution < -0.4 is 5.32 Å². The largest absolute Gasteiger partial charge is 0.479 e. The standard InChI is InChI=1S/C15H12ClF2NO2/c1-15(14(20)21,9-5-11(17)8-12(18)6-9)19-13-4-2-3-10(16)7-13/h2-8,19H,1H3,(H,20,21). The predicted molar refractivity (Wildman–Crippen MR) is 76.4 cm³/mol. The molecule has 1 atom stereocenters. The van der Waals surface area contributed by atoms with E-state index < -0.39 is 23.1 Å². The van der Waals surface area contributed by atoms with Crippen LogP contribution in [0.15, 0.2) is 42.5 Å². The molecule has 2 N–H and O–H groups in total. The first-order valence-corrected chi connectivity index (χ1v) is 6.43. The SMILES string of the molecule is CC(Nc1cccc(Cl)c1)(C(=O)O)c1cc(F)cc(F)c1. The Labute approximate surface area is 125 Å². The van der Waals surface area contributed by atoms with Crippen molar-refractivity contribution in [3.8, 4) is 0 Å². The summed E-state index contributed by atoms with van der Waals surface area (Å²) in [6, 6.07) is 9.06. The van der Waals surface area contributed by atoms with E-state index in [1.807, 2.05) is 0 Å². The molecule has 0 fully saturated rings. The molecule has 110 valence electrons. The van der Waals surface area contributed by atoms with Crippen LogP contribution in [-0.4, -0.2) is 11.1 Å². The Kier molecular flexibility index (Phi) is 4.14. The first-order valence-electron chi connectivity index (χ1n) is 6.05. The van der Waals surface area contributed by atoms with Crippen LogP contribution in [0.25, 0.3) is 0 Å². The van der Waals surface area contributed by atoms with Gasteiger partial charge in [-0.1, -0.05) is 17.7 Å². The zero-order chi connectivity index (χ0) is 15.6. The Morgan fingerprint density at radius 2 is 1.81 bits per heavy atom. The number of carbonyl (C=O) groups is 1. The van der Waals surface area contributed by atoms with Gasteiger partial charge in [0.25, 0.3) is 0 Å². The number of rotatable bonds is 4. The third-order valence-electron chi connectivity index (χ3n) is 3.09. The summed E-state index contributed by atoms with van der Waals surface area (Å²) in [6.07, 6.45) is 0. The number of carboxylic acids is 1. The number of hydrogen-bond donors (Lipinski definition) is 2. The molecule has 1 unspecified atom stereocenters. The normalized spacial score (nSPS) is 13.5. The fourth-order valence-electron chi connectivity index (χ4n) is 1.95. The lowest BCUT2D eigenvalue weighted by atomic mass is 9.91. The van der Waals surface area contributed by atoms with Crippen LogP contribution in [0.4, 0.5) is 14.5 Å². The summed E-state index contributed by atoms with van der Waals surface area (Å²) in [4.78, 5) is 11.6. The van der Waals surface area contributed by atoms with E-state index in [2.05, 4.69) is 5.32 Å². The minimum Gasteiger partial charge on any atom is -0.479 e. The second-order valence-corrected chi connectivity index (χ2v) is 5.16. The van der Waals surface area contributed by atoms with Gasteiger partial charge in [-0.3, -0.25) is 0 Å². The van der Waals surface area contributed by atoms with Crippen LogP contribution in [-0.2, 0) is 10.3 Å². The lowest BCUT2D eigenvalue weighted by Crippen LogP contribution is -2.40. The highest BCUT2D eigenvalue weighted by Gasteiger charge is 2.36. The van der Waals surface area contributed by atoms with Crippen LogP contribution >= 0.6 is 11.6 Å². The second kappa shape index (κ2) is 5.69. The van der Waals surface area contributed by atoms with Gasteiger partial charge in [0.2, 0.25) is 0 Å². The first kappa shape index (κ1) is 15.3. The molecule has 0 amide bonds. The molecule has 21 heavy (non-hydrogen) atoms. The van der Waals surface area contributed by atoms with E-state index in [4.69, 9.17) is 11.6 Å². The van der Waals surface area contributed by atoms with Crippen LogP contribution in [0.1, 0.15) is 12.5 Å². The lowest BCUT2D eigenvalue weighted by Gasteiger charge is -2.28. The van der Waals surface area contributed by atoms with Gasteiger partial charge in [0.05, 0.1) is 0 Å². The average molecular weight is 312 g/mol. The van der Waals surface area contributed by atoms with E-state index in [-0.39, 0.29) is 5.56 Å². The molecular weight excluding hydrogens is 300 g/mol. The van der Waals surface area contributed by atoms with Crippen molar-refractivity contribution < 1.29 is 18.7 Å². The second-order valence-electron chi connectivity index (χ2n) is 4.72. The minimum atomic E-state index is -1.70. The number of halogens is 3. The maximum atomic E-state index is 13.3. The Morgan fingerprint density at radius 1 is 1.19 bits per heavy atom. The van der Waals surface area contributed by atoms with Crippen molar-refractivity contribution in [2.24, 2.45) is 0 Å². The van der Waals surface area contributed by atoms with Crippen LogP contribution in [0.3, 0.4) is 0 Å². The molecule has 0 saturated heterocycles. The fourth-order valence-corrected chi connectivity index (χ4v) is 2.14. The highest BCUT2D eigenvalue weighted by Crippen LogP contribution is 2.29. The van der Waals surface area contributed by atoms with E-state index in [0.29, 0.717) is 16.8 Å². The quantitative estimate of drug-likeness (QED) is 0.896. The van der Waals surface area contributed by atoms with Crippen LogP contribution in [0, 0.1) is 11.6 Å². The zero-order valence-corrected chi connectivity index (χ0v) is 11.8. The van der Waals surface area contributed by atoms with Gasteiger partial charge in [-0.15, -0.1) is 0 Å². The summed E-state index contributed by atoms with van der Waals surface area (Å²) in [6.45, 7) is 1.32. The van der Waals surface area contributed by atoms with Crippen molar-refractivity contribution in [1.29, 1.82) is 0 Å². The van der Waals surface area contributed by atoms with E-state index in [1.165, 1.54) is 13.0 Å². The third-order valence-corrected chi connectivity index (χ3v) is 3.32. The average Bonchev–Trinajstić information content (AvgIpc) is 2.37. The van der Waals surface area contributed by atoms with Crippen molar-refractivity contribution in [3.05, 3.63) is 64.7 Å². The van der Waals surface area contributed by atoms with E-state index in [0.717, 1.165) is 12.1 Å². The van der Waals surface area contributed by atoms with E-state index in [1.54, 1.807) is 18.2 Å². The highest BCUT2D eigenvalue weighted by atomic mass is 35.5. The highest BCUT2D eigenvalue weighted by molar-refractivity contribution is 6.30. The zero-order valence-electron chi connectivity index (χ0n) is 11.0. The molecule has 0 spiro atoms. The monoisotopic (exact) mass is 311 g/mol. The molecule has 2 aromatic rings. The minimum absolute atomic E-state index is 0.0347. The molecule has 0 aliphatic rings. The van der Waals surface area contributed by atoms with Crippen molar-refractivity contribution in [1.82, 2.24) is 0 Å². The summed E-state index contributed by atoms with van der Waals surface area (Å²) in [5, 5.41) is 12.6. The fraction of sp³-hybridized carbons (Fsp3) is 0.133. The summed E-state index contributed by atoms with van der Waals surface area (Å²) in [5.74, 6) is -2.96. The molecule has 0 saturated carbocycles. The van der Waals surface area contributed by atoms with Crippen molar-refractivity contribution in [2.75, 3.05) is 5.32 Å². The van der Waals surface area contributed by atoms with Gasteiger partial charge in [-0.05, 0) is 42.8 Å². The van der Waals surface area contributed by atoms with Crippen LogP contribution in [0.5, 0.6) is 0 Å². The molecule has 0 aliphatic heterocycles. The van der Waals surface area contributed by atoms with Gasteiger partial charge in [0, 0.05) is 16.8 Å². The first-order chi connectivity index (χ1) is 9.81. The van der Waals surface area contributed by atoms with Crippen molar-refractivity contribution in [3.63, 3.8) is 0 Å². The van der Waals surface area contributed by atoms with Crippen molar-refractivity contribution >= 4 is 23.3 Å². The number of benzene rings is 2. The summed E-state index contributed by atoms with van der Waals surface area (Å²) >= 11 is 5.84. The number of anilines is 1. The number of aliphatic carboxylic acids is 1. The molecule has 0 aliphatic carbocycles. The van der Waals surface area contributed by atoms with Gasteiger partial charge >= 0.3 is 5.97 Å². The van der Waals surface area contributed by atoms with E-state index >= 15 is 0 Å². The molecule has 3 nitrogen and oxygen atoms in total. The summed E-state index contributed by atoms with van der Waals surface area (Å²) in [5.41, 5.74) is -1.31. The third kappa shape index (κ3) is 3.31. The lowest BCUT2D eigenvalue weighted by molar-refractivity contribution is -0.142. The molecule has 0 bridgehead atoms.